The van der Waals surface area contributed by atoms with Crippen molar-refractivity contribution in [1.29, 1.82) is 0 Å². The van der Waals surface area contributed by atoms with Crippen LogP contribution in [0.5, 0.6) is 11.5 Å². The molecule has 0 atom stereocenters. The maximum Gasteiger partial charge on any atom is 0.310 e. The predicted molar refractivity (Wildman–Crippen MR) is 113 cm³/mol. The van der Waals surface area contributed by atoms with Gasteiger partial charge in [-0.3, -0.25) is 4.79 Å². The van der Waals surface area contributed by atoms with E-state index in [0.717, 1.165) is 23.8 Å². The highest BCUT2D eigenvalue weighted by atomic mass is 32.5. The van der Waals surface area contributed by atoms with E-state index in [1.807, 2.05) is 19.9 Å². The van der Waals surface area contributed by atoms with E-state index in [0.29, 0.717) is 23.7 Å². The van der Waals surface area contributed by atoms with Gasteiger partial charge in [0.05, 0.1) is 7.11 Å². The molecule has 0 saturated carbocycles. The van der Waals surface area contributed by atoms with Crippen LogP contribution in [0.15, 0.2) is 65.1 Å². The van der Waals surface area contributed by atoms with Gasteiger partial charge >= 0.3 is 10.2 Å². The number of hydrogen-bond donors (Lipinski definition) is 1. The Bertz CT molecular complexity index is 1010. The molecular formula is C21H22F5NO3S. The molecule has 2 rings (SSSR count). The molecule has 0 heterocycles. The molecule has 0 unspecified atom stereocenters. The van der Waals surface area contributed by atoms with Crippen molar-refractivity contribution in [2.24, 2.45) is 0 Å². The Kier molecular flexibility index (Phi) is 6.46. The number of carbonyl (C=O) groups is 1. The zero-order valence-electron chi connectivity index (χ0n) is 17.0. The van der Waals surface area contributed by atoms with Crippen molar-refractivity contribution in [1.82, 2.24) is 0 Å². The van der Waals surface area contributed by atoms with Gasteiger partial charge in [0.2, 0.25) is 5.91 Å². The van der Waals surface area contributed by atoms with Crippen LogP contribution in [0.2, 0.25) is 0 Å². The van der Waals surface area contributed by atoms with Gasteiger partial charge in [-0.1, -0.05) is 31.1 Å². The third-order valence-corrected chi connectivity index (χ3v) is 5.08. The van der Waals surface area contributed by atoms with E-state index in [1.165, 1.54) is 13.2 Å². The number of amides is 1. The van der Waals surface area contributed by atoms with Crippen LogP contribution >= 0.6 is 10.2 Å². The molecule has 0 spiro atoms. The summed E-state index contributed by atoms with van der Waals surface area (Å²) in [4.78, 5) is 9.98. The standard InChI is InChI=1S/C21H22F5NO3S/c1-15(2)12-13-30-19-10-4-16(14-20(19)29-3)5-11-21(28)27-17-6-8-18(9-7-17)31(22,23,24,25)26/h4-12,14H,13H2,1-3H3,(H,27,28)/b11-5+. The van der Waals surface area contributed by atoms with Crippen LogP contribution < -0.4 is 14.8 Å². The number of nitrogens with one attached hydrogen (secondary N) is 1. The van der Waals surface area contributed by atoms with Gasteiger partial charge in [-0.25, -0.2) is 0 Å². The van der Waals surface area contributed by atoms with Gasteiger partial charge in [0.15, 0.2) is 11.5 Å². The fraction of sp³-hybridized carbons (Fsp3) is 0.190. The van der Waals surface area contributed by atoms with Crippen molar-refractivity contribution in [3.05, 3.63) is 65.8 Å². The Balaban J connectivity index is 2.05. The van der Waals surface area contributed by atoms with Crippen molar-refractivity contribution in [3.8, 4) is 11.5 Å². The molecule has 2 aromatic rings. The van der Waals surface area contributed by atoms with Crippen molar-refractivity contribution in [3.63, 3.8) is 0 Å². The molecule has 0 radical (unpaired) electrons. The highest BCUT2D eigenvalue weighted by Gasteiger charge is 2.65. The second-order valence-electron chi connectivity index (χ2n) is 6.82. The first-order valence-electron chi connectivity index (χ1n) is 8.95. The zero-order chi connectivity index (χ0) is 23.3. The first kappa shape index (κ1) is 24.3. The number of methoxy groups -OCH3 is 1. The lowest BCUT2D eigenvalue weighted by Crippen LogP contribution is -2.09. The van der Waals surface area contributed by atoms with Crippen LogP contribution in [-0.4, -0.2) is 19.6 Å². The smallest absolute Gasteiger partial charge is 0.310 e. The van der Waals surface area contributed by atoms with E-state index >= 15 is 0 Å². The summed E-state index contributed by atoms with van der Waals surface area (Å²) in [5, 5.41) is 2.31. The summed E-state index contributed by atoms with van der Waals surface area (Å²) in [6, 6.07) is 7.01. The van der Waals surface area contributed by atoms with Crippen molar-refractivity contribution in [2.45, 2.75) is 18.7 Å². The highest BCUT2D eigenvalue weighted by Crippen LogP contribution is 3.02. The third-order valence-electron chi connectivity index (χ3n) is 3.91. The van der Waals surface area contributed by atoms with E-state index in [9.17, 15) is 24.2 Å². The van der Waals surface area contributed by atoms with Crippen LogP contribution in [0.25, 0.3) is 6.08 Å². The van der Waals surface area contributed by atoms with Gasteiger partial charge in [-0.15, -0.1) is 0 Å². The second-order valence-corrected chi connectivity index (χ2v) is 9.23. The lowest BCUT2D eigenvalue weighted by molar-refractivity contribution is -0.111. The molecule has 0 bridgehead atoms. The molecule has 2 aromatic carbocycles. The average molecular weight is 463 g/mol. The molecule has 4 nitrogen and oxygen atoms in total. The summed E-state index contributed by atoms with van der Waals surface area (Å²) in [7, 11) is -8.27. The first-order valence-corrected chi connectivity index (χ1v) is 10.9. The zero-order valence-corrected chi connectivity index (χ0v) is 17.8. The van der Waals surface area contributed by atoms with E-state index < -0.39 is 21.0 Å². The topological polar surface area (TPSA) is 47.6 Å². The number of carbonyl (C=O) groups excluding carboxylic acids is 1. The minimum absolute atomic E-state index is 0.0548. The Morgan fingerprint density at radius 1 is 1.00 bits per heavy atom. The maximum absolute atomic E-state index is 12.7. The highest BCUT2D eigenvalue weighted by molar-refractivity contribution is 8.45. The summed E-state index contributed by atoms with van der Waals surface area (Å²) in [5.41, 5.74) is 1.66. The Morgan fingerprint density at radius 3 is 2.19 bits per heavy atom. The third kappa shape index (κ3) is 7.63. The van der Waals surface area contributed by atoms with Crippen molar-refractivity contribution in [2.75, 3.05) is 19.0 Å². The average Bonchev–Trinajstić information content (AvgIpc) is 2.65. The molecule has 10 heteroatoms. The summed E-state index contributed by atoms with van der Waals surface area (Å²) in [5.74, 6) is 0.324. The fourth-order valence-electron chi connectivity index (χ4n) is 2.36. The van der Waals surface area contributed by atoms with Crippen LogP contribution in [0, 0.1) is 0 Å². The number of rotatable bonds is 8. The largest absolute Gasteiger partial charge is 0.493 e. The lowest BCUT2D eigenvalue weighted by Gasteiger charge is -2.40. The summed E-state index contributed by atoms with van der Waals surface area (Å²) in [6.45, 7) is 4.26. The van der Waals surface area contributed by atoms with Crippen molar-refractivity contribution < 1.29 is 33.7 Å². The van der Waals surface area contributed by atoms with Gasteiger partial charge < -0.3 is 14.8 Å². The molecule has 1 amide bonds. The molecule has 31 heavy (non-hydrogen) atoms. The lowest BCUT2D eigenvalue weighted by atomic mass is 10.2. The molecule has 0 aliphatic heterocycles. The quantitative estimate of drug-likeness (QED) is 0.253. The minimum atomic E-state index is -9.74. The van der Waals surface area contributed by atoms with Gasteiger partial charge in [0.1, 0.15) is 11.5 Å². The van der Waals surface area contributed by atoms with Gasteiger partial charge in [-0.2, -0.15) is 0 Å². The molecule has 0 aliphatic carbocycles. The Labute approximate surface area is 177 Å². The molecular weight excluding hydrogens is 441 g/mol. The summed E-state index contributed by atoms with van der Waals surface area (Å²) >= 11 is 0. The number of anilines is 1. The molecule has 0 saturated heterocycles. The van der Waals surface area contributed by atoms with E-state index in [1.54, 1.807) is 18.2 Å². The summed E-state index contributed by atoms with van der Waals surface area (Å²) < 4.78 is 74.5. The minimum Gasteiger partial charge on any atom is -0.493 e. The number of ether oxygens (including phenoxy) is 2. The summed E-state index contributed by atoms with van der Waals surface area (Å²) in [6.07, 6.45) is 4.51. The molecule has 170 valence electrons. The number of hydrogen-bond acceptors (Lipinski definition) is 3. The Morgan fingerprint density at radius 2 is 1.65 bits per heavy atom. The van der Waals surface area contributed by atoms with Crippen LogP contribution in [0.4, 0.5) is 25.1 Å². The van der Waals surface area contributed by atoms with Gasteiger partial charge in [0, 0.05) is 11.8 Å². The van der Waals surface area contributed by atoms with E-state index in [2.05, 4.69) is 5.32 Å². The molecule has 0 aromatic heterocycles. The fourth-order valence-corrected chi connectivity index (χ4v) is 3.01. The normalized spacial score (nSPS) is 13.8. The molecule has 1 N–H and O–H groups in total. The van der Waals surface area contributed by atoms with Crippen molar-refractivity contribution >= 4 is 27.9 Å². The van der Waals surface area contributed by atoms with Crippen LogP contribution in [-0.2, 0) is 4.79 Å². The van der Waals surface area contributed by atoms with Crippen LogP contribution in [0.3, 0.4) is 0 Å². The first-order chi connectivity index (χ1) is 14.2. The van der Waals surface area contributed by atoms with E-state index in [4.69, 9.17) is 9.47 Å². The van der Waals surface area contributed by atoms with E-state index in [-0.39, 0.29) is 17.8 Å². The Hall–Kier alpha value is -3.01. The monoisotopic (exact) mass is 463 g/mol. The molecule has 0 fully saturated rings. The predicted octanol–water partition coefficient (Wildman–Crippen LogP) is 7.35. The number of allylic oxidation sites excluding steroid dienone is 1. The molecule has 0 aliphatic rings. The number of halogens is 5. The second kappa shape index (κ2) is 8.26. The van der Waals surface area contributed by atoms with Gasteiger partial charge in [-0.05, 0) is 68.0 Å². The number of benzene rings is 2. The van der Waals surface area contributed by atoms with Crippen LogP contribution in [0.1, 0.15) is 19.4 Å². The SMILES string of the molecule is COc1cc(/C=C/C(=O)Nc2ccc(S(F)(F)(F)(F)F)cc2)ccc1OCC=C(C)C. The maximum atomic E-state index is 12.7. The van der Waals surface area contributed by atoms with Gasteiger partial charge in [0.25, 0.3) is 0 Å².